The molecule has 5 heteroatoms. The molecule has 0 aliphatic heterocycles. The largest absolute Gasteiger partial charge is 0.481 e. The summed E-state index contributed by atoms with van der Waals surface area (Å²) in [5.41, 5.74) is 0.187. The van der Waals surface area contributed by atoms with Crippen LogP contribution in [0.25, 0.3) is 0 Å². The van der Waals surface area contributed by atoms with E-state index in [9.17, 15) is 9.59 Å². The third-order valence-corrected chi connectivity index (χ3v) is 5.53. The zero-order valence-electron chi connectivity index (χ0n) is 13.6. The first-order valence-corrected chi connectivity index (χ1v) is 8.56. The third kappa shape index (κ3) is 4.45. The maximum Gasteiger partial charge on any atom is 0.306 e. The van der Waals surface area contributed by atoms with Crippen molar-refractivity contribution in [1.29, 1.82) is 0 Å². The Bertz CT molecular complexity index is 390. The highest BCUT2D eigenvalue weighted by Crippen LogP contribution is 2.40. The maximum atomic E-state index is 12.4. The molecule has 5 nitrogen and oxygen atoms in total. The second-order valence-corrected chi connectivity index (χ2v) is 7.07. The number of methoxy groups -OCH3 is 1. The van der Waals surface area contributed by atoms with Crippen LogP contribution in [-0.4, -0.2) is 37.2 Å². The lowest BCUT2D eigenvalue weighted by atomic mass is 9.80. The van der Waals surface area contributed by atoms with Crippen molar-refractivity contribution < 1.29 is 19.4 Å². The Labute approximate surface area is 132 Å². The van der Waals surface area contributed by atoms with Crippen molar-refractivity contribution in [2.75, 3.05) is 20.3 Å². The predicted octanol–water partition coefficient (Wildman–Crippen LogP) is 2.59. The van der Waals surface area contributed by atoms with Crippen molar-refractivity contribution in [3.05, 3.63) is 0 Å². The first-order valence-electron chi connectivity index (χ1n) is 8.56. The van der Waals surface area contributed by atoms with Crippen LogP contribution in [0.3, 0.4) is 0 Å². The lowest BCUT2D eigenvalue weighted by Crippen LogP contribution is -2.41. The fraction of sp³-hybridized carbons (Fsp3) is 0.882. The number of rotatable bonds is 7. The molecule has 2 aliphatic rings. The molecule has 126 valence electrons. The maximum absolute atomic E-state index is 12.4. The van der Waals surface area contributed by atoms with Gasteiger partial charge < -0.3 is 15.2 Å². The summed E-state index contributed by atoms with van der Waals surface area (Å²) in [7, 11) is 1.72. The summed E-state index contributed by atoms with van der Waals surface area (Å²) in [5, 5.41) is 12.2. The van der Waals surface area contributed by atoms with Gasteiger partial charge in [0.25, 0.3) is 0 Å². The van der Waals surface area contributed by atoms with E-state index in [1.54, 1.807) is 7.11 Å². The first kappa shape index (κ1) is 17.3. The Hall–Kier alpha value is -1.10. The molecule has 0 saturated heterocycles. The summed E-state index contributed by atoms with van der Waals surface area (Å²) in [5.74, 6) is -1.19. The van der Waals surface area contributed by atoms with Crippen LogP contribution in [0.2, 0.25) is 0 Å². The Morgan fingerprint density at radius 3 is 2.50 bits per heavy atom. The number of hydrogen-bond donors (Lipinski definition) is 2. The summed E-state index contributed by atoms with van der Waals surface area (Å²) in [6, 6.07) is 0. The zero-order chi connectivity index (χ0) is 16.0. The number of carbonyl (C=O) groups excluding carboxylic acids is 1. The molecule has 0 aromatic heterocycles. The topological polar surface area (TPSA) is 75.6 Å². The van der Waals surface area contributed by atoms with Crippen LogP contribution in [0, 0.1) is 17.3 Å². The van der Waals surface area contributed by atoms with E-state index in [-0.39, 0.29) is 23.2 Å². The van der Waals surface area contributed by atoms with E-state index in [4.69, 9.17) is 9.84 Å². The van der Waals surface area contributed by atoms with Gasteiger partial charge in [-0.05, 0) is 43.9 Å². The van der Waals surface area contributed by atoms with Crippen LogP contribution in [0.15, 0.2) is 0 Å². The Balaban J connectivity index is 1.84. The van der Waals surface area contributed by atoms with Crippen molar-refractivity contribution in [3.8, 4) is 0 Å². The monoisotopic (exact) mass is 311 g/mol. The van der Waals surface area contributed by atoms with Gasteiger partial charge in [0.05, 0.1) is 5.92 Å². The molecular weight excluding hydrogens is 282 g/mol. The summed E-state index contributed by atoms with van der Waals surface area (Å²) in [6.07, 6.45) is 8.60. The molecule has 2 atom stereocenters. The van der Waals surface area contributed by atoms with E-state index in [1.165, 1.54) is 12.8 Å². The molecule has 2 fully saturated rings. The van der Waals surface area contributed by atoms with Crippen molar-refractivity contribution in [3.63, 3.8) is 0 Å². The molecule has 0 aromatic carbocycles. The van der Waals surface area contributed by atoms with Crippen molar-refractivity contribution in [2.24, 2.45) is 17.3 Å². The van der Waals surface area contributed by atoms with E-state index in [0.717, 1.165) is 38.7 Å². The number of amides is 1. The minimum atomic E-state index is -0.759. The van der Waals surface area contributed by atoms with E-state index >= 15 is 0 Å². The molecule has 2 aliphatic carbocycles. The Kier molecular flexibility index (Phi) is 6.24. The fourth-order valence-electron chi connectivity index (χ4n) is 4.03. The van der Waals surface area contributed by atoms with Gasteiger partial charge in [0.15, 0.2) is 0 Å². The van der Waals surface area contributed by atoms with Gasteiger partial charge in [0.2, 0.25) is 5.91 Å². The van der Waals surface area contributed by atoms with E-state index in [2.05, 4.69) is 5.32 Å². The normalized spacial score (nSPS) is 27.5. The molecule has 0 aromatic rings. The molecule has 1 amide bonds. The molecule has 22 heavy (non-hydrogen) atoms. The number of nitrogens with one attached hydrogen (secondary N) is 1. The number of hydrogen-bond acceptors (Lipinski definition) is 3. The molecule has 0 radical (unpaired) electrons. The highest BCUT2D eigenvalue weighted by Gasteiger charge is 2.36. The smallest absolute Gasteiger partial charge is 0.306 e. The minimum absolute atomic E-state index is 0.0506. The third-order valence-electron chi connectivity index (χ3n) is 5.53. The number of carboxylic acid groups (broad SMARTS) is 1. The summed E-state index contributed by atoms with van der Waals surface area (Å²) >= 11 is 0. The highest BCUT2D eigenvalue weighted by atomic mass is 16.5. The van der Waals surface area contributed by atoms with E-state index in [0.29, 0.717) is 19.4 Å². The van der Waals surface area contributed by atoms with Crippen LogP contribution in [0.1, 0.15) is 57.8 Å². The Morgan fingerprint density at radius 1 is 1.18 bits per heavy atom. The van der Waals surface area contributed by atoms with Crippen molar-refractivity contribution >= 4 is 11.9 Å². The van der Waals surface area contributed by atoms with E-state index in [1.807, 2.05) is 0 Å². The lowest BCUT2D eigenvalue weighted by molar-refractivity contribution is -0.144. The lowest BCUT2D eigenvalue weighted by Gasteiger charge is -2.31. The molecule has 0 bridgehead atoms. The van der Waals surface area contributed by atoms with Crippen LogP contribution < -0.4 is 5.32 Å². The van der Waals surface area contributed by atoms with Gasteiger partial charge in [-0.25, -0.2) is 0 Å². The van der Waals surface area contributed by atoms with Crippen LogP contribution in [-0.2, 0) is 14.3 Å². The fourth-order valence-corrected chi connectivity index (χ4v) is 4.03. The summed E-state index contributed by atoms with van der Waals surface area (Å²) < 4.78 is 5.21. The van der Waals surface area contributed by atoms with Crippen molar-refractivity contribution in [2.45, 2.75) is 57.8 Å². The average Bonchev–Trinajstić information content (AvgIpc) is 3.00. The minimum Gasteiger partial charge on any atom is -0.481 e. The molecule has 2 rings (SSSR count). The zero-order valence-corrected chi connectivity index (χ0v) is 13.6. The number of ether oxygens (including phenoxy) is 1. The number of carbonyl (C=O) groups is 2. The molecule has 0 spiro atoms. The Morgan fingerprint density at radius 2 is 1.86 bits per heavy atom. The number of carboxylic acids is 1. The SMILES string of the molecule is COCCC1(CNC(=O)C2CCCC(C(=O)O)C2)CCCC1. The van der Waals surface area contributed by atoms with Gasteiger partial charge in [-0.3, -0.25) is 9.59 Å². The van der Waals surface area contributed by atoms with Crippen LogP contribution >= 0.6 is 0 Å². The molecule has 2 unspecified atom stereocenters. The van der Waals surface area contributed by atoms with Gasteiger partial charge in [-0.2, -0.15) is 0 Å². The highest BCUT2D eigenvalue weighted by molar-refractivity contribution is 5.80. The van der Waals surface area contributed by atoms with Crippen LogP contribution in [0.5, 0.6) is 0 Å². The van der Waals surface area contributed by atoms with Crippen molar-refractivity contribution in [1.82, 2.24) is 5.32 Å². The molecule has 2 saturated carbocycles. The molecule has 2 N–H and O–H groups in total. The summed E-state index contributed by atoms with van der Waals surface area (Å²) in [4.78, 5) is 23.5. The summed E-state index contributed by atoms with van der Waals surface area (Å²) in [6.45, 7) is 1.45. The first-order chi connectivity index (χ1) is 10.6. The van der Waals surface area contributed by atoms with Gasteiger partial charge in [-0.15, -0.1) is 0 Å². The molecule has 0 heterocycles. The predicted molar refractivity (Wildman–Crippen MR) is 83.5 cm³/mol. The van der Waals surface area contributed by atoms with Crippen LogP contribution in [0.4, 0.5) is 0 Å². The van der Waals surface area contributed by atoms with Gasteiger partial charge >= 0.3 is 5.97 Å². The van der Waals surface area contributed by atoms with Gasteiger partial charge in [-0.1, -0.05) is 19.3 Å². The van der Waals surface area contributed by atoms with Gasteiger partial charge in [0.1, 0.15) is 0 Å². The second-order valence-electron chi connectivity index (χ2n) is 7.07. The quantitative estimate of drug-likeness (QED) is 0.758. The average molecular weight is 311 g/mol. The second kappa shape index (κ2) is 7.95. The van der Waals surface area contributed by atoms with Gasteiger partial charge in [0, 0.05) is 26.2 Å². The number of aliphatic carboxylic acids is 1. The van der Waals surface area contributed by atoms with E-state index < -0.39 is 5.97 Å². The molecular formula is C17H29NO4. The standard InChI is InChI=1S/C17H29NO4/c1-22-10-9-17(7-2-3-8-17)12-18-15(19)13-5-4-6-14(11-13)16(20)21/h13-14H,2-12H2,1H3,(H,18,19)(H,20,21).